The summed E-state index contributed by atoms with van der Waals surface area (Å²) in [6, 6.07) is 9.76. The van der Waals surface area contributed by atoms with Gasteiger partial charge in [0.2, 0.25) is 17.7 Å². The van der Waals surface area contributed by atoms with Crippen LogP contribution in [-0.4, -0.2) is 60.2 Å². The van der Waals surface area contributed by atoms with Gasteiger partial charge in [0, 0.05) is 32.1 Å². The Bertz CT molecular complexity index is 665. The largest absolute Gasteiger partial charge is 0.347 e. The average Bonchev–Trinajstić information content (AvgIpc) is 2.71. The first-order valence-electron chi connectivity index (χ1n) is 9.67. The van der Waals surface area contributed by atoms with Gasteiger partial charge in [0.15, 0.2) is 0 Å². The van der Waals surface area contributed by atoms with E-state index in [-0.39, 0.29) is 30.2 Å². The molecule has 0 aliphatic carbocycles. The molecule has 6 heteroatoms. The molecule has 1 N–H and O–H groups in total. The third-order valence-corrected chi connectivity index (χ3v) is 5.42. The molecule has 0 radical (unpaired) electrons. The van der Waals surface area contributed by atoms with Crippen LogP contribution in [0.1, 0.15) is 39.7 Å². The minimum Gasteiger partial charge on any atom is -0.347 e. The van der Waals surface area contributed by atoms with E-state index in [1.54, 1.807) is 4.90 Å². The molecule has 1 fully saturated rings. The van der Waals surface area contributed by atoms with Crippen molar-refractivity contribution in [2.24, 2.45) is 5.92 Å². The molecule has 1 aromatic carbocycles. The maximum Gasteiger partial charge on any atom is 0.242 e. The second-order valence-electron chi connectivity index (χ2n) is 7.69. The van der Waals surface area contributed by atoms with Crippen LogP contribution in [0, 0.1) is 5.92 Å². The summed E-state index contributed by atoms with van der Waals surface area (Å²) in [5.74, 6) is -0.205. The van der Waals surface area contributed by atoms with Crippen molar-refractivity contribution >= 4 is 17.7 Å². The second kappa shape index (κ2) is 9.02. The van der Waals surface area contributed by atoms with Crippen molar-refractivity contribution in [1.29, 1.82) is 0 Å². The van der Waals surface area contributed by atoms with Gasteiger partial charge >= 0.3 is 0 Å². The first kappa shape index (κ1) is 20.9. The highest BCUT2D eigenvalue weighted by atomic mass is 16.2. The first-order valence-corrected chi connectivity index (χ1v) is 9.67. The van der Waals surface area contributed by atoms with Crippen molar-refractivity contribution in [2.45, 2.75) is 39.5 Å². The SMILES string of the molecule is CC[C@@H](C)C(=O)NCC(=O)N1CCN(C(=O)C(C)(C)c2ccccc2)CC1. The quantitative estimate of drug-likeness (QED) is 0.827. The fourth-order valence-electron chi connectivity index (χ4n) is 3.17. The van der Waals surface area contributed by atoms with Gasteiger partial charge in [-0.3, -0.25) is 14.4 Å². The Kier molecular flexibility index (Phi) is 6.99. The molecule has 0 aromatic heterocycles. The van der Waals surface area contributed by atoms with Crippen molar-refractivity contribution in [3.8, 4) is 0 Å². The number of nitrogens with one attached hydrogen (secondary N) is 1. The Labute approximate surface area is 161 Å². The zero-order valence-electron chi connectivity index (χ0n) is 16.8. The third kappa shape index (κ3) is 5.08. The van der Waals surface area contributed by atoms with Crippen LogP contribution in [0.25, 0.3) is 0 Å². The minimum atomic E-state index is -0.599. The van der Waals surface area contributed by atoms with Crippen molar-refractivity contribution in [3.05, 3.63) is 35.9 Å². The zero-order valence-corrected chi connectivity index (χ0v) is 16.8. The van der Waals surface area contributed by atoms with Gasteiger partial charge in [-0.15, -0.1) is 0 Å². The molecule has 1 aliphatic heterocycles. The molecule has 0 unspecified atom stereocenters. The van der Waals surface area contributed by atoms with Gasteiger partial charge in [-0.1, -0.05) is 44.2 Å². The molecule has 1 heterocycles. The van der Waals surface area contributed by atoms with Crippen molar-refractivity contribution in [1.82, 2.24) is 15.1 Å². The lowest BCUT2D eigenvalue weighted by Gasteiger charge is -2.38. The van der Waals surface area contributed by atoms with Gasteiger partial charge in [-0.2, -0.15) is 0 Å². The molecule has 148 valence electrons. The van der Waals surface area contributed by atoms with Crippen LogP contribution in [0.2, 0.25) is 0 Å². The number of carbonyl (C=O) groups excluding carboxylic acids is 3. The van der Waals surface area contributed by atoms with E-state index in [1.165, 1.54) is 0 Å². The highest BCUT2D eigenvalue weighted by Gasteiger charge is 2.35. The van der Waals surface area contributed by atoms with Crippen LogP contribution in [0.15, 0.2) is 30.3 Å². The Morgan fingerprint density at radius 3 is 2.15 bits per heavy atom. The van der Waals surface area contributed by atoms with E-state index >= 15 is 0 Å². The van der Waals surface area contributed by atoms with Crippen LogP contribution in [-0.2, 0) is 19.8 Å². The molecule has 1 atom stereocenters. The number of amides is 3. The van der Waals surface area contributed by atoms with Crippen LogP contribution < -0.4 is 5.32 Å². The van der Waals surface area contributed by atoms with E-state index in [4.69, 9.17) is 0 Å². The van der Waals surface area contributed by atoms with Crippen LogP contribution in [0.4, 0.5) is 0 Å². The van der Waals surface area contributed by atoms with E-state index in [1.807, 2.05) is 62.9 Å². The summed E-state index contributed by atoms with van der Waals surface area (Å²) in [7, 11) is 0. The lowest BCUT2D eigenvalue weighted by atomic mass is 9.83. The Morgan fingerprint density at radius 2 is 1.59 bits per heavy atom. The smallest absolute Gasteiger partial charge is 0.242 e. The molecule has 2 rings (SSSR count). The van der Waals surface area contributed by atoms with Crippen LogP contribution in [0.3, 0.4) is 0 Å². The molecular formula is C21H31N3O3. The predicted molar refractivity (Wildman–Crippen MR) is 105 cm³/mol. The molecule has 3 amide bonds. The molecule has 6 nitrogen and oxygen atoms in total. The lowest BCUT2D eigenvalue weighted by Crippen LogP contribution is -2.55. The summed E-state index contributed by atoms with van der Waals surface area (Å²) in [4.78, 5) is 40.7. The van der Waals surface area contributed by atoms with E-state index in [0.29, 0.717) is 26.2 Å². The Morgan fingerprint density at radius 1 is 1.04 bits per heavy atom. The minimum absolute atomic E-state index is 0.0205. The van der Waals surface area contributed by atoms with Crippen molar-refractivity contribution < 1.29 is 14.4 Å². The second-order valence-corrected chi connectivity index (χ2v) is 7.69. The van der Waals surface area contributed by atoms with Crippen LogP contribution in [0.5, 0.6) is 0 Å². The zero-order chi connectivity index (χ0) is 20.0. The molecule has 27 heavy (non-hydrogen) atoms. The van der Waals surface area contributed by atoms with Gasteiger partial charge in [-0.05, 0) is 25.8 Å². The van der Waals surface area contributed by atoms with Gasteiger partial charge in [-0.25, -0.2) is 0 Å². The first-order chi connectivity index (χ1) is 12.8. The van der Waals surface area contributed by atoms with Gasteiger partial charge < -0.3 is 15.1 Å². The summed E-state index contributed by atoms with van der Waals surface area (Å²) in [5.41, 5.74) is 0.388. The third-order valence-electron chi connectivity index (χ3n) is 5.42. The molecule has 0 saturated carbocycles. The van der Waals surface area contributed by atoms with Gasteiger partial charge in [0.05, 0.1) is 12.0 Å². The van der Waals surface area contributed by atoms with E-state index < -0.39 is 5.41 Å². The fraction of sp³-hybridized carbons (Fsp3) is 0.571. The maximum absolute atomic E-state index is 13.0. The number of hydrogen-bond donors (Lipinski definition) is 1. The number of benzene rings is 1. The van der Waals surface area contributed by atoms with Crippen molar-refractivity contribution in [2.75, 3.05) is 32.7 Å². The molecular weight excluding hydrogens is 342 g/mol. The van der Waals surface area contributed by atoms with E-state index in [9.17, 15) is 14.4 Å². The summed E-state index contributed by atoms with van der Waals surface area (Å²) >= 11 is 0. The highest BCUT2D eigenvalue weighted by molar-refractivity contribution is 5.88. The number of hydrogen-bond acceptors (Lipinski definition) is 3. The number of piperazine rings is 1. The standard InChI is InChI=1S/C21H31N3O3/c1-5-16(2)19(26)22-15-18(25)23-11-13-24(14-12-23)20(27)21(3,4)17-9-7-6-8-10-17/h6-10,16H,5,11-15H2,1-4H3,(H,22,26)/t16-/m1/s1. The molecule has 0 spiro atoms. The van der Waals surface area contributed by atoms with Gasteiger partial charge in [0.1, 0.15) is 0 Å². The van der Waals surface area contributed by atoms with E-state index in [2.05, 4.69) is 5.32 Å². The number of nitrogens with zero attached hydrogens (tertiary/aromatic N) is 2. The Hall–Kier alpha value is -2.37. The topological polar surface area (TPSA) is 69.7 Å². The van der Waals surface area contributed by atoms with Crippen LogP contribution >= 0.6 is 0 Å². The summed E-state index contributed by atoms with van der Waals surface area (Å²) < 4.78 is 0. The highest BCUT2D eigenvalue weighted by Crippen LogP contribution is 2.26. The fourth-order valence-corrected chi connectivity index (χ4v) is 3.17. The van der Waals surface area contributed by atoms with Crippen molar-refractivity contribution in [3.63, 3.8) is 0 Å². The summed E-state index contributed by atoms with van der Waals surface area (Å²) in [6.07, 6.45) is 0.748. The molecule has 1 saturated heterocycles. The molecule has 1 aromatic rings. The average molecular weight is 373 g/mol. The molecule has 1 aliphatic rings. The predicted octanol–water partition coefficient (Wildman–Crippen LogP) is 1.80. The number of rotatable bonds is 6. The lowest BCUT2D eigenvalue weighted by molar-refractivity contribution is -0.142. The van der Waals surface area contributed by atoms with Gasteiger partial charge in [0.25, 0.3) is 0 Å². The monoisotopic (exact) mass is 373 g/mol. The summed E-state index contributed by atoms with van der Waals surface area (Å²) in [5, 5.41) is 2.70. The molecule has 0 bridgehead atoms. The Balaban J connectivity index is 1.86. The van der Waals surface area contributed by atoms with E-state index in [0.717, 1.165) is 12.0 Å². The number of carbonyl (C=O) groups is 3. The maximum atomic E-state index is 13.0. The normalized spacial score (nSPS) is 16.0. The summed E-state index contributed by atoms with van der Waals surface area (Å²) in [6.45, 7) is 9.70.